The van der Waals surface area contributed by atoms with Gasteiger partial charge in [0.15, 0.2) is 0 Å². The Hall–Kier alpha value is -2.69. The van der Waals surface area contributed by atoms with E-state index in [2.05, 4.69) is 15.5 Å². The van der Waals surface area contributed by atoms with Crippen molar-refractivity contribution >= 4 is 33.0 Å². The van der Waals surface area contributed by atoms with Gasteiger partial charge >= 0.3 is 0 Å². The summed E-state index contributed by atoms with van der Waals surface area (Å²) in [5.74, 6) is -0.958. The standard InChI is InChI=1S/C23H25FN4O3S2/c1-14-11-15(2)20(16(3)12-14)33(30,31)28-10-4-5-17(13-28)22-26-27-23(32-22)21(29)25-19-8-6-18(24)7-9-19/h6-9,11-12,17H,4-5,10,13H2,1-3H3,(H,25,29)/t17-/m0/s1. The van der Waals surface area contributed by atoms with Crippen LogP contribution in [-0.4, -0.2) is 41.9 Å². The molecule has 1 aliphatic heterocycles. The minimum Gasteiger partial charge on any atom is -0.320 e. The number of nitrogens with zero attached hydrogens (tertiary/aromatic N) is 3. The topological polar surface area (TPSA) is 92.3 Å². The lowest BCUT2D eigenvalue weighted by molar-refractivity contribution is 0.102. The number of halogens is 1. The third-order valence-corrected chi connectivity index (χ3v) is 8.93. The van der Waals surface area contributed by atoms with Gasteiger partial charge in [-0.25, -0.2) is 12.8 Å². The second kappa shape index (κ2) is 9.28. The number of aryl methyl sites for hydroxylation is 3. The first-order valence-electron chi connectivity index (χ1n) is 10.6. The number of carbonyl (C=O) groups excluding carboxylic acids is 1. The van der Waals surface area contributed by atoms with Gasteiger partial charge in [-0.2, -0.15) is 4.31 Å². The van der Waals surface area contributed by atoms with Crippen LogP contribution in [0.3, 0.4) is 0 Å². The van der Waals surface area contributed by atoms with Crippen molar-refractivity contribution in [3.8, 4) is 0 Å². The van der Waals surface area contributed by atoms with Crippen LogP contribution in [0.4, 0.5) is 10.1 Å². The van der Waals surface area contributed by atoms with Crippen LogP contribution in [0.25, 0.3) is 0 Å². The Balaban J connectivity index is 1.51. The number of piperidine rings is 1. The highest BCUT2D eigenvalue weighted by Gasteiger charge is 2.34. The fourth-order valence-corrected chi connectivity index (χ4v) is 7.07. The molecule has 0 radical (unpaired) electrons. The zero-order valence-electron chi connectivity index (χ0n) is 18.6. The van der Waals surface area contributed by atoms with E-state index < -0.39 is 15.9 Å². The molecule has 0 saturated carbocycles. The van der Waals surface area contributed by atoms with Gasteiger partial charge in [0.2, 0.25) is 15.0 Å². The second-order valence-electron chi connectivity index (χ2n) is 8.34. The molecule has 10 heteroatoms. The highest BCUT2D eigenvalue weighted by molar-refractivity contribution is 7.89. The Bertz CT molecular complexity index is 1270. The number of rotatable bonds is 5. The van der Waals surface area contributed by atoms with Gasteiger partial charge in [-0.05, 0) is 69.0 Å². The highest BCUT2D eigenvalue weighted by atomic mass is 32.2. The average molecular weight is 489 g/mol. The molecule has 0 bridgehead atoms. The summed E-state index contributed by atoms with van der Waals surface area (Å²) in [6.07, 6.45) is 1.47. The van der Waals surface area contributed by atoms with Gasteiger partial charge in [-0.15, -0.1) is 10.2 Å². The monoisotopic (exact) mass is 488 g/mol. The average Bonchev–Trinajstić information content (AvgIpc) is 3.25. The Labute approximate surface area is 196 Å². The van der Waals surface area contributed by atoms with E-state index in [0.717, 1.165) is 34.4 Å². The summed E-state index contributed by atoms with van der Waals surface area (Å²) >= 11 is 1.16. The first-order chi connectivity index (χ1) is 15.6. The Morgan fingerprint density at radius 2 is 1.79 bits per heavy atom. The van der Waals surface area contributed by atoms with Crippen molar-refractivity contribution in [3.05, 3.63) is 68.9 Å². The fourth-order valence-electron chi connectivity index (χ4n) is 4.27. The van der Waals surface area contributed by atoms with Crippen LogP contribution < -0.4 is 5.32 Å². The van der Waals surface area contributed by atoms with Crippen LogP contribution >= 0.6 is 11.3 Å². The molecule has 2 heterocycles. The Morgan fingerprint density at radius 1 is 1.12 bits per heavy atom. The van der Waals surface area contributed by atoms with Crippen LogP contribution in [0.15, 0.2) is 41.3 Å². The maximum Gasteiger partial charge on any atom is 0.286 e. The van der Waals surface area contributed by atoms with Crippen molar-refractivity contribution in [1.29, 1.82) is 0 Å². The van der Waals surface area contributed by atoms with Gasteiger partial charge in [-0.3, -0.25) is 4.79 Å². The molecule has 3 aromatic rings. The van der Waals surface area contributed by atoms with E-state index >= 15 is 0 Å². The van der Waals surface area contributed by atoms with Gasteiger partial charge in [0.05, 0.1) is 4.90 Å². The number of anilines is 1. The van der Waals surface area contributed by atoms with Crippen molar-refractivity contribution in [2.24, 2.45) is 0 Å². The predicted octanol–water partition coefficient (Wildman–Crippen LogP) is 4.42. The molecule has 2 aromatic carbocycles. The summed E-state index contributed by atoms with van der Waals surface area (Å²) in [5.41, 5.74) is 2.97. The summed E-state index contributed by atoms with van der Waals surface area (Å²) in [4.78, 5) is 12.9. The molecular formula is C23H25FN4O3S2. The first-order valence-corrected chi connectivity index (χ1v) is 12.9. The largest absolute Gasteiger partial charge is 0.320 e. The van der Waals surface area contributed by atoms with Crippen LogP contribution in [0, 0.1) is 26.6 Å². The lowest BCUT2D eigenvalue weighted by Gasteiger charge is -2.31. The van der Waals surface area contributed by atoms with E-state index in [9.17, 15) is 17.6 Å². The van der Waals surface area contributed by atoms with E-state index in [-0.39, 0.29) is 16.7 Å². The quantitative estimate of drug-likeness (QED) is 0.574. The van der Waals surface area contributed by atoms with Gasteiger partial charge in [0.1, 0.15) is 10.8 Å². The lowest BCUT2D eigenvalue weighted by atomic mass is 10.0. The van der Waals surface area contributed by atoms with Crippen LogP contribution in [0.5, 0.6) is 0 Å². The van der Waals surface area contributed by atoms with Crippen LogP contribution in [-0.2, 0) is 10.0 Å². The normalized spacial score (nSPS) is 17.2. The summed E-state index contributed by atoms with van der Waals surface area (Å²) < 4.78 is 41.5. The van der Waals surface area contributed by atoms with E-state index in [4.69, 9.17) is 0 Å². The molecule has 0 aliphatic carbocycles. The Kier molecular flexibility index (Phi) is 6.60. The van der Waals surface area contributed by atoms with E-state index in [1.54, 1.807) is 0 Å². The molecule has 7 nitrogen and oxygen atoms in total. The van der Waals surface area contributed by atoms with E-state index in [1.807, 2.05) is 32.9 Å². The zero-order valence-corrected chi connectivity index (χ0v) is 20.3. The van der Waals surface area contributed by atoms with Gasteiger partial charge in [0.25, 0.3) is 5.91 Å². The summed E-state index contributed by atoms with van der Waals surface area (Å²) in [5, 5.41) is 11.7. The van der Waals surface area contributed by atoms with Gasteiger partial charge in [0, 0.05) is 24.7 Å². The number of nitrogens with one attached hydrogen (secondary N) is 1. The number of hydrogen-bond acceptors (Lipinski definition) is 6. The molecule has 0 spiro atoms. The molecule has 1 amide bonds. The second-order valence-corrected chi connectivity index (χ2v) is 11.2. The van der Waals surface area contributed by atoms with Gasteiger partial charge < -0.3 is 5.32 Å². The fraction of sp³-hybridized carbons (Fsp3) is 0.348. The van der Waals surface area contributed by atoms with Gasteiger partial charge in [-0.1, -0.05) is 29.0 Å². The molecule has 1 aromatic heterocycles. The highest BCUT2D eigenvalue weighted by Crippen LogP contribution is 2.34. The molecule has 33 heavy (non-hydrogen) atoms. The third-order valence-electron chi connectivity index (χ3n) is 5.67. The zero-order chi connectivity index (χ0) is 23.8. The molecule has 0 unspecified atom stereocenters. The smallest absolute Gasteiger partial charge is 0.286 e. The first kappa shape index (κ1) is 23.5. The number of amides is 1. The van der Waals surface area contributed by atoms with Crippen molar-refractivity contribution < 1.29 is 17.6 Å². The molecule has 4 rings (SSSR count). The molecule has 1 aliphatic rings. The number of sulfonamides is 1. The number of benzene rings is 2. The van der Waals surface area contributed by atoms with E-state index in [0.29, 0.717) is 35.1 Å². The lowest BCUT2D eigenvalue weighted by Crippen LogP contribution is -2.39. The van der Waals surface area contributed by atoms with Crippen molar-refractivity contribution in [2.45, 2.75) is 44.4 Å². The molecular weight excluding hydrogens is 463 g/mol. The maximum absolute atomic E-state index is 13.5. The van der Waals surface area contributed by atoms with Crippen LogP contribution in [0.1, 0.15) is 50.3 Å². The molecule has 1 atom stereocenters. The van der Waals surface area contributed by atoms with Crippen molar-refractivity contribution in [3.63, 3.8) is 0 Å². The predicted molar refractivity (Wildman–Crippen MR) is 126 cm³/mol. The minimum atomic E-state index is -3.65. The number of hydrogen-bond donors (Lipinski definition) is 1. The molecule has 1 fully saturated rings. The molecule has 1 saturated heterocycles. The number of aromatic nitrogens is 2. The van der Waals surface area contributed by atoms with Crippen LogP contribution in [0.2, 0.25) is 0 Å². The Morgan fingerprint density at radius 3 is 2.45 bits per heavy atom. The van der Waals surface area contributed by atoms with Crippen molar-refractivity contribution in [1.82, 2.24) is 14.5 Å². The van der Waals surface area contributed by atoms with Crippen molar-refractivity contribution in [2.75, 3.05) is 18.4 Å². The molecule has 1 N–H and O–H groups in total. The SMILES string of the molecule is Cc1cc(C)c(S(=O)(=O)N2CCC[C@H](c3nnc(C(=O)Nc4ccc(F)cc4)s3)C2)c(C)c1. The minimum absolute atomic E-state index is 0.135. The summed E-state index contributed by atoms with van der Waals surface area (Å²) in [6.45, 7) is 6.34. The molecule has 174 valence electrons. The number of carbonyl (C=O) groups is 1. The maximum atomic E-state index is 13.5. The summed E-state index contributed by atoms with van der Waals surface area (Å²) in [6, 6.07) is 9.23. The third kappa shape index (κ3) is 4.97. The van der Waals surface area contributed by atoms with E-state index in [1.165, 1.54) is 28.6 Å². The summed E-state index contributed by atoms with van der Waals surface area (Å²) in [7, 11) is -3.65.